The Labute approximate surface area is 190 Å². The summed E-state index contributed by atoms with van der Waals surface area (Å²) < 4.78 is 10.1. The van der Waals surface area contributed by atoms with Gasteiger partial charge in [-0.2, -0.15) is 0 Å². The van der Waals surface area contributed by atoms with Gasteiger partial charge < -0.3 is 14.8 Å². The summed E-state index contributed by atoms with van der Waals surface area (Å²) in [4.78, 5) is 51.0. The summed E-state index contributed by atoms with van der Waals surface area (Å²) >= 11 is 0. The number of ether oxygens (including phenoxy) is 2. The Kier molecular flexibility index (Phi) is 6.46. The lowest BCUT2D eigenvalue weighted by molar-refractivity contribution is -0.119. The minimum absolute atomic E-state index is 0.0894. The van der Waals surface area contributed by atoms with Crippen LogP contribution in [-0.4, -0.2) is 55.5 Å². The molecule has 1 N–H and O–H groups in total. The molecule has 3 aromatic rings. The average Bonchev–Trinajstić information content (AvgIpc) is 3.07. The lowest BCUT2D eigenvalue weighted by Crippen LogP contribution is -2.31. The number of nitrogens with one attached hydrogen (secondary N) is 1. The van der Waals surface area contributed by atoms with Gasteiger partial charge >= 0.3 is 5.97 Å². The summed E-state index contributed by atoms with van der Waals surface area (Å²) in [6, 6.07) is 17.3. The zero-order chi connectivity index (χ0) is 23.4. The largest absolute Gasteiger partial charge is 0.452 e. The van der Waals surface area contributed by atoms with Crippen LogP contribution < -0.4 is 5.32 Å². The Morgan fingerprint density at radius 3 is 2.52 bits per heavy atom. The van der Waals surface area contributed by atoms with Crippen LogP contribution in [0.2, 0.25) is 0 Å². The number of methoxy groups -OCH3 is 1. The van der Waals surface area contributed by atoms with Gasteiger partial charge in [-0.3, -0.25) is 19.3 Å². The molecule has 0 aliphatic carbocycles. The Balaban J connectivity index is 1.39. The van der Waals surface area contributed by atoms with E-state index in [1.54, 1.807) is 13.2 Å². The summed E-state index contributed by atoms with van der Waals surface area (Å²) in [6.45, 7) is 0.162. The molecule has 168 valence electrons. The van der Waals surface area contributed by atoms with Crippen molar-refractivity contribution < 1.29 is 28.7 Å². The number of carbonyl (C=O) groups excluding carboxylic acids is 4. The van der Waals surface area contributed by atoms with E-state index in [1.807, 2.05) is 36.4 Å². The van der Waals surface area contributed by atoms with E-state index >= 15 is 0 Å². The van der Waals surface area contributed by atoms with E-state index < -0.39 is 30.3 Å². The van der Waals surface area contributed by atoms with Crippen molar-refractivity contribution in [3.63, 3.8) is 0 Å². The van der Waals surface area contributed by atoms with Crippen molar-refractivity contribution in [1.29, 1.82) is 0 Å². The smallest absolute Gasteiger partial charge is 0.338 e. The van der Waals surface area contributed by atoms with Crippen molar-refractivity contribution in [2.45, 2.75) is 6.42 Å². The number of nitrogens with zero attached hydrogens (tertiary/aromatic N) is 1. The average molecular weight is 446 g/mol. The van der Waals surface area contributed by atoms with E-state index in [9.17, 15) is 19.2 Å². The van der Waals surface area contributed by atoms with Crippen molar-refractivity contribution in [3.05, 3.63) is 77.4 Å². The zero-order valence-electron chi connectivity index (χ0n) is 18.0. The molecule has 3 aromatic carbocycles. The minimum atomic E-state index is -0.760. The first kappa shape index (κ1) is 22.2. The van der Waals surface area contributed by atoms with Gasteiger partial charge in [0.2, 0.25) is 0 Å². The first-order valence-electron chi connectivity index (χ1n) is 10.4. The van der Waals surface area contributed by atoms with E-state index in [0.717, 1.165) is 15.7 Å². The van der Waals surface area contributed by atoms with Crippen LogP contribution in [0.15, 0.2) is 60.7 Å². The predicted molar refractivity (Wildman–Crippen MR) is 121 cm³/mol. The molecule has 1 aliphatic rings. The summed E-state index contributed by atoms with van der Waals surface area (Å²) in [5.41, 5.74) is 1.09. The molecule has 8 heteroatoms. The van der Waals surface area contributed by atoms with Gasteiger partial charge in [-0.25, -0.2) is 4.79 Å². The first-order valence-corrected chi connectivity index (χ1v) is 10.4. The molecule has 33 heavy (non-hydrogen) atoms. The van der Waals surface area contributed by atoms with E-state index in [2.05, 4.69) is 5.32 Å². The first-order chi connectivity index (χ1) is 16.0. The summed E-state index contributed by atoms with van der Waals surface area (Å²) in [7, 11) is 1.54. The van der Waals surface area contributed by atoms with Crippen LogP contribution in [0.4, 0.5) is 5.69 Å². The predicted octanol–water partition coefficient (Wildman–Crippen LogP) is 3.27. The molecule has 0 unspecified atom stereocenters. The Hall–Kier alpha value is -4.04. The third-order valence-corrected chi connectivity index (χ3v) is 5.33. The maximum absolute atomic E-state index is 12.6. The van der Waals surface area contributed by atoms with Crippen LogP contribution >= 0.6 is 0 Å². The van der Waals surface area contributed by atoms with Gasteiger partial charge in [-0.05, 0) is 36.1 Å². The lowest BCUT2D eigenvalue weighted by Gasteiger charge is -2.12. The molecule has 0 bridgehead atoms. The SMILES string of the molecule is COCCCN1C(=O)c2ccc(C(=O)OCC(=O)Nc3cccc4ccccc34)cc2C1=O. The molecule has 0 saturated carbocycles. The Morgan fingerprint density at radius 2 is 1.70 bits per heavy atom. The van der Waals surface area contributed by atoms with Crippen molar-refractivity contribution in [3.8, 4) is 0 Å². The third-order valence-electron chi connectivity index (χ3n) is 5.33. The van der Waals surface area contributed by atoms with Gasteiger partial charge in [0.1, 0.15) is 0 Å². The van der Waals surface area contributed by atoms with Crippen LogP contribution in [0.5, 0.6) is 0 Å². The molecule has 0 fully saturated rings. The van der Waals surface area contributed by atoms with Crippen LogP contribution in [0.3, 0.4) is 0 Å². The number of imide groups is 1. The Bertz CT molecular complexity index is 1250. The van der Waals surface area contributed by atoms with E-state index in [4.69, 9.17) is 9.47 Å². The van der Waals surface area contributed by atoms with Gasteiger partial charge in [0.25, 0.3) is 17.7 Å². The standard InChI is InChI=1S/C25H22N2O6/c1-32-13-5-12-27-23(29)19-11-10-17(14-20(19)24(27)30)25(31)33-15-22(28)26-21-9-4-7-16-6-2-3-8-18(16)21/h2-4,6-11,14H,5,12-13,15H2,1H3,(H,26,28). The molecule has 0 radical (unpaired) electrons. The van der Waals surface area contributed by atoms with Gasteiger partial charge in [0.05, 0.1) is 16.7 Å². The fraction of sp³-hybridized carbons (Fsp3) is 0.200. The minimum Gasteiger partial charge on any atom is -0.452 e. The van der Waals surface area contributed by atoms with Gasteiger partial charge in [0, 0.05) is 31.3 Å². The van der Waals surface area contributed by atoms with Gasteiger partial charge in [-0.15, -0.1) is 0 Å². The number of hydrogen-bond donors (Lipinski definition) is 1. The molecule has 3 amide bonds. The van der Waals surface area contributed by atoms with Gasteiger partial charge in [-0.1, -0.05) is 36.4 Å². The second-order valence-electron chi connectivity index (χ2n) is 7.52. The van der Waals surface area contributed by atoms with Crippen molar-refractivity contribution in [1.82, 2.24) is 4.90 Å². The normalized spacial score (nSPS) is 12.7. The van der Waals surface area contributed by atoms with Crippen molar-refractivity contribution in [2.24, 2.45) is 0 Å². The summed E-state index contributed by atoms with van der Waals surface area (Å²) in [5.74, 6) is -2.12. The lowest BCUT2D eigenvalue weighted by atomic mass is 10.1. The zero-order valence-corrected chi connectivity index (χ0v) is 18.0. The number of amides is 3. The fourth-order valence-electron chi connectivity index (χ4n) is 3.72. The van der Waals surface area contributed by atoms with E-state index in [1.165, 1.54) is 18.2 Å². The topological polar surface area (TPSA) is 102 Å². The molecular weight excluding hydrogens is 424 g/mol. The van der Waals surface area contributed by atoms with Crippen LogP contribution in [-0.2, 0) is 14.3 Å². The molecular formula is C25H22N2O6. The molecule has 8 nitrogen and oxygen atoms in total. The maximum Gasteiger partial charge on any atom is 0.338 e. The summed E-state index contributed by atoms with van der Waals surface area (Å²) in [6.07, 6.45) is 0.517. The van der Waals surface area contributed by atoms with Crippen molar-refractivity contribution >= 4 is 40.2 Å². The monoisotopic (exact) mass is 446 g/mol. The number of fused-ring (bicyclic) bond motifs is 2. The molecule has 0 saturated heterocycles. The molecule has 1 heterocycles. The van der Waals surface area contributed by atoms with E-state index in [0.29, 0.717) is 18.7 Å². The van der Waals surface area contributed by atoms with Crippen LogP contribution in [0.25, 0.3) is 10.8 Å². The van der Waals surface area contributed by atoms with E-state index in [-0.39, 0.29) is 23.2 Å². The second-order valence-corrected chi connectivity index (χ2v) is 7.52. The van der Waals surface area contributed by atoms with Crippen molar-refractivity contribution in [2.75, 3.05) is 32.2 Å². The fourth-order valence-corrected chi connectivity index (χ4v) is 3.72. The number of benzene rings is 3. The highest BCUT2D eigenvalue weighted by molar-refractivity contribution is 6.22. The van der Waals surface area contributed by atoms with Crippen LogP contribution in [0.1, 0.15) is 37.5 Å². The van der Waals surface area contributed by atoms with Crippen LogP contribution in [0, 0.1) is 0 Å². The number of carbonyl (C=O) groups is 4. The highest BCUT2D eigenvalue weighted by atomic mass is 16.5. The highest BCUT2D eigenvalue weighted by Gasteiger charge is 2.35. The number of anilines is 1. The Morgan fingerprint density at radius 1 is 0.939 bits per heavy atom. The number of hydrogen-bond acceptors (Lipinski definition) is 6. The molecule has 1 aliphatic heterocycles. The molecule has 4 rings (SSSR count). The highest BCUT2D eigenvalue weighted by Crippen LogP contribution is 2.25. The second kappa shape index (κ2) is 9.62. The number of esters is 1. The summed E-state index contributed by atoms with van der Waals surface area (Å²) in [5, 5.41) is 4.59. The van der Waals surface area contributed by atoms with Gasteiger partial charge in [0.15, 0.2) is 6.61 Å². The maximum atomic E-state index is 12.6. The third kappa shape index (κ3) is 4.61. The molecule has 0 atom stereocenters. The molecule has 0 aromatic heterocycles. The molecule has 0 spiro atoms. The quantitative estimate of drug-likeness (QED) is 0.324. The number of rotatable bonds is 8.